The van der Waals surface area contributed by atoms with Crippen LogP contribution in [0.2, 0.25) is 0 Å². The summed E-state index contributed by atoms with van der Waals surface area (Å²) in [6, 6.07) is 0.335. The highest BCUT2D eigenvalue weighted by molar-refractivity contribution is 5.74. The molecule has 19 heavy (non-hydrogen) atoms. The Bertz CT molecular complexity index is 316. The third kappa shape index (κ3) is 3.59. The van der Waals surface area contributed by atoms with Crippen LogP contribution in [0.4, 0.5) is 0 Å². The summed E-state index contributed by atoms with van der Waals surface area (Å²) < 4.78 is 0. The molecule has 1 aliphatic carbocycles. The van der Waals surface area contributed by atoms with E-state index < -0.39 is 5.97 Å². The normalized spacial score (nSPS) is 31.1. The fourth-order valence-electron chi connectivity index (χ4n) is 3.88. The van der Waals surface area contributed by atoms with Gasteiger partial charge in [0.05, 0.1) is 0 Å². The van der Waals surface area contributed by atoms with Crippen LogP contribution in [-0.4, -0.2) is 34.6 Å². The van der Waals surface area contributed by atoms with Crippen molar-refractivity contribution in [3.05, 3.63) is 12.7 Å². The van der Waals surface area contributed by atoms with E-state index in [9.17, 15) is 9.90 Å². The van der Waals surface area contributed by atoms with Crippen molar-refractivity contribution in [3.8, 4) is 0 Å². The first kappa shape index (κ1) is 14.6. The summed E-state index contributed by atoms with van der Waals surface area (Å²) in [6.07, 6.45) is 12.4. The molecule has 1 aliphatic heterocycles. The molecule has 1 heterocycles. The van der Waals surface area contributed by atoms with Gasteiger partial charge in [0.2, 0.25) is 0 Å². The van der Waals surface area contributed by atoms with Gasteiger partial charge in [-0.15, -0.1) is 6.58 Å². The molecule has 0 spiro atoms. The van der Waals surface area contributed by atoms with Gasteiger partial charge >= 0.3 is 5.97 Å². The van der Waals surface area contributed by atoms with E-state index in [1.165, 1.54) is 38.5 Å². The molecule has 0 aromatic carbocycles. The molecular weight excluding hydrogens is 238 g/mol. The molecule has 0 bridgehead atoms. The van der Waals surface area contributed by atoms with Crippen molar-refractivity contribution in [2.24, 2.45) is 5.92 Å². The fourth-order valence-corrected chi connectivity index (χ4v) is 3.88. The van der Waals surface area contributed by atoms with Gasteiger partial charge in [-0.05, 0) is 51.0 Å². The van der Waals surface area contributed by atoms with E-state index in [4.69, 9.17) is 0 Å². The highest BCUT2D eigenvalue weighted by Crippen LogP contribution is 2.39. The quantitative estimate of drug-likeness (QED) is 0.566. The second kappa shape index (κ2) is 7.09. The number of hydrogen-bond acceptors (Lipinski definition) is 2. The summed E-state index contributed by atoms with van der Waals surface area (Å²) in [6.45, 7) is 4.70. The van der Waals surface area contributed by atoms with Crippen LogP contribution in [0, 0.1) is 5.92 Å². The largest absolute Gasteiger partial charge is 0.480 e. The third-order valence-corrected chi connectivity index (χ3v) is 4.83. The first-order valence-electron chi connectivity index (χ1n) is 7.83. The Morgan fingerprint density at radius 2 is 2.05 bits per heavy atom. The second-order valence-electron chi connectivity index (χ2n) is 6.08. The summed E-state index contributed by atoms with van der Waals surface area (Å²) in [4.78, 5) is 13.7. The molecule has 0 aromatic heterocycles. The number of carboxylic acids is 1. The summed E-state index contributed by atoms with van der Waals surface area (Å²) in [7, 11) is 0. The molecule has 3 nitrogen and oxygen atoms in total. The Kier molecular flexibility index (Phi) is 5.44. The number of allylic oxidation sites excluding steroid dienone is 1. The maximum atomic E-state index is 11.4. The lowest BCUT2D eigenvalue weighted by Crippen LogP contribution is -2.42. The smallest absolute Gasteiger partial charge is 0.320 e. The van der Waals surface area contributed by atoms with E-state index >= 15 is 0 Å². The predicted molar refractivity (Wildman–Crippen MR) is 77.2 cm³/mol. The summed E-state index contributed by atoms with van der Waals surface area (Å²) in [5, 5.41) is 9.42. The van der Waals surface area contributed by atoms with Gasteiger partial charge in [-0.1, -0.05) is 25.3 Å². The minimum Gasteiger partial charge on any atom is -0.480 e. The van der Waals surface area contributed by atoms with Crippen LogP contribution in [-0.2, 0) is 4.79 Å². The van der Waals surface area contributed by atoms with Crippen molar-refractivity contribution >= 4 is 5.97 Å². The molecule has 2 aliphatic rings. The lowest BCUT2D eigenvalue weighted by Gasteiger charge is -2.33. The standard InChI is InChI=1S/C16H27NO2/c1-2-3-4-5-8-11-17-14-10-7-6-9-13(14)12-15(17)16(18)19/h2,13-15H,1,3-12H2,(H,18,19). The molecule has 0 radical (unpaired) electrons. The third-order valence-electron chi connectivity index (χ3n) is 4.83. The first-order chi connectivity index (χ1) is 9.24. The average molecular weight is 265 g/mol. The van der Waals surface area contributed by atoms with Crippen molar-refractivity contribution < 1.29 is 9.90 Å². The Labute approximate surface area is 116 Å². The SMILES string of the molecule is C=CCCCCCN1C(C(=O)O)CC2CCCCC21. The summed E-state index contributed by atoms with van der Waals surface area (Å²) in [5.41, 5.74) is 0. The second-order valence-corrected chi connectivity index (χ2v) is 6.08. The fraction of sp³-hybridized carbons (Fsp3) is 0.812. The lowest BCUT2D eigenvalue weighted by atomic mass is 9.85. The average Bonchev–Trinajstić information content (AvgIpc) is 2.78. The van der Waals surface area contributed by atoms with Gasteiger partial charge in [-0.2, -0.15) is 0 Å². The maximum absolute atomic E-state index is 11.4. The van der Waals surface area contributed by atoms with E-state index in [0.29, 0.717) is 12.0 Å². The predicted octanol–water partition coefficient (Wildman–Crippen LogP) is 3.45. The van der Waals surface area contributed by atoms with Gasteiger partial charge in [0.15, 0.2) is 0 Å². The topological polar surface area (TPSA) is 40.5 Å². The molecule has 3 atom stereocenters. The lowest BCUT2D eigenvalue weighted by molar-refractivity contribution is -0.142. The summed E-state index contributed by atoms with van der Waals surface area (Å²) in [5.74, 6) is 0.0310. The molecule has 3 unspecified atom stereocenters. The number of fused-ring (bicyclic) bond motifs is 1. The van der Waals surface area contributed by atoms with Crippen LogP contribution in [0.25, 0.3) is 0 Å². The number of hydrogen-bond donors (Lipinski definition) is 1. The van der Waals surface area contributed by atoms with Gasteiger partial charge in [0.1, 0.15) is 6.04 Å². The van der Waals surface area contributed by atoms with Crippen LogP contribution in [0.15, 0.2) is 12.7 Å². The molecule has 2 fully saturated rings. The Morgan fingerprint density at radius 3 is 2.79 bits per heavy atom. The van der Waals surface area contributed by atoms with Crippen molar-refractivity contribution in [1.82, 2.24) is 4.90 Å². The molecule has 0 amide bonds. The van der Waals surface area contributed by atoms with Gasteiger partial charge in [0, 0.05) is 6.04 Å². The van der Waals surface area contributed by atoms with Crippen molar-refractivity contribution in [1.29, 1.82) is 0 Å². The van der Waals surface area contributed by atoms with E-state index in [-0.39, 0.29) is 6.04 Å². The van der Waals surface area contributed by atoms with Gasteiger partial charge in [0.25, 0.3) is 0 Å². The van der Waals surface area contributed by atoms with Crippen molar-refractivity contribution in [2.75, 3.05) is 6.54 Å². The molecule has 2 rings (SSSR count). The monoisotopic (exact) mass is 265 g/mol. The van der Waals surface area contributed by atoms with E-state index in [1.54, 1.807) is 0 Å². The van der Waals surface area contributed by atoms with Crippen LogP contribution >= 0.6 is 0 Å². The minimum atomic E-state index is -0.611. The number of carboxylic acid groups (broad SMARTS) is 1. The van der Waals surface area contributed by atoms with Gasteiger partial charge in [-0.3, -0.25) is 9.69 Å². The van der Waals surface area contributed by atoms with E-state index in [1.807, 2.05) is 6.08 Å². The Balaban J connectivity index is 1.86. The van der Waals surface area contributed by atoms with Crippen LogP contribution in [0.5, 0.6) is 0 Å². The molecule has 3 heteroatoms. The molecule has 1 saturated heterocycles. The molecule has 1 saturated carbocycles. The van der Waals surface area contributed by atoms with E-state index in [0.717, 1.165) is 25.8 Å². The number of unbranched alkanes of at least 4 members (excludes halogenated alkanes) is 3. The highest BCUT2D eigenvalue weighted by atomic mass is 16.4. The minimum absolute atomic E-state index is 0.215. The molecule has 0 aromatic rings. The number of aliphatic carboxylic acids is 1. The summed E-state index contributed by atoms with van der Waals surface area (Å²) >= 11 is 0. The number of carbonyl (C=O) groups is 1. The van der Waals surface area contributed by atoms with Crippen LogP contribution in [0.1, 0.15) is 57.8 Å². The first-order valence-corrected chi connectivity index (χ1v) is 7.83. The van der Waals surface area contributed by atoms with Gasteiger partial charge in [-0.25, -0.2) is 0 Å². The zero-order valence-electron chi connectivity index (χ0n) is 11.9. The van der Waals surface area contributed by atoms with Crippen molar-refractivity contribution in [2.45, 2.75) is 69.9 Å². The highest BCUT2D eigenvalue weighted by Gasteiger charge is 2.44. The number of rotatable bonds is 7. The Morgan fingerprint density at radius 1 is 1.26 bits per heavy atom. The number of likely N-dealkylation sites (tertiary alicyclic amines) is 1. The zero-order chi connectivity index (χ0) is 13.7. The molecule has 1 N–H and O–H groups in total. The van der Waals surface area contributed by atoms with Crippen LogP contribution in [0.3, 0.4) is 0 Å². The van der Waals surface area contributed by atoms with Crippen LogP contribution < -0.4 is 0 Å². The molecular formula is C16H27NO2. The Hall–Kier alpha value is -0.830. The van der Waals surface area contributed by atoms with Gasteiger partial charge < -0.3 is 5.11 Å². The van der Waals surface area contributed by atoms with Crippen molar-refractivity contribution in [3.63, 3.8) is 0 Å². The zero-order valence-corrected chi connectivity index (χ0v) is 11.9. The maximum Gasteiger partial charge on any atom is 0.320 e. The van der Waals surface area contributed by atoms with E-state index in [2.05, 4.69) is 11.5 Å². The number of nitrogens with zero attached hydrogens (tertiary/aromatic N) is 1. The molecule has 108 valence electrons.